The summed E-state index contributed by atoms with van der Waals surface area (Å²) in [6, 6.07) is 16.4. The highest BCUT2D eigenvalue weighted by molar-refractivity contribution is 5.89. The van der Waals surface area contributed by atoms with Crippen LogP contribution in [0.1, 0.15) is 30.0 Å². The van der Waals surface area contributed by atoms with E-state index in [1.165, 1.54) is 0 Å². The number of carbonyl (C=O) groups is 1. The normalized spacial score (nSPS) is 11.7. The number of nitrogens with one attached hydrogen (secondary N) is 2. The number of benzene rings is 1. The van der Waals surface area contributed by atoms with Crippen LogP contribution < -0.4 is 10.6 Å². The van der Waals surface area contributed by atoms with Crippen LogP contribution >= 0.6 is 0 Å². The quantitative estimate of drug-likeness (QED) is 0.666. The first-order valence-electron chi connectivity index (χ1n) is 8.38. The van der Waals surface area contributed by atoms with Gasteiger partial charge >= 0.3 is 6.03 Å². The molecule has 6 nitrogen and oxygen atoms in total. The summed E-state index contributed by atoms with van der Waals surface area (Å²) in [6.45, 7) is 2.73. The first kappa shape index (κ1) is 17.7. The van der Waals surface area contributed by atoms with Crippen molar-refractivity contribution in [1.29, 1.82) is 0 Å². The van der Waals surface area contributed by atoms with Crippen LogP contribution in [0.25, 0.3) is 0 Å². The smallest absolute Gasteiger partial charge is 0.319 e. The maximum Gasteiger partial charge on any atom is 0.319 e. The minimum absolute atomic E-state index is 0.184. The minimum Gasteiger partial charge on any atom is -0.467 e. The Hall–Kier alpha value is -3.12. The Morgan fingerprint density at radius 3 is 2.85 bits per heavy atom. The molecule has 1 aromatic carbocycles. The van der Waals surface area contributed by atoms with Crippen molar-refractivity contribution in [2.45, 2.75) is 26.2 Å². The molecule has 0 saturated heterocycles. The van der Waals surface area contributed by atoms with E-state index >= 15 is 0 Å². The van der Waals surface area contributed by atoms with Gasteiger partial charge in [0.05, 0.1) is 24.6 Å². The molecule has 26 heavy (non-hydrogen) atoms. The van der Waals surface area contributed by atoms with Gasteiger partial charge in [-0.1, -0.05) is 18.2 Å². The van der Waals surface area contributed by atoms with Gasteiger partial charge < -0.3 is 19.8 Å². The van der Waals surface area contributed by atoms with Gasteiger partial charge in [0.2, 0.25) is 0 Å². The zero-order valence-electron chi connectivity index (χ0n) is 14.5. The van der Waals surface area contributed by atoms with Crippen LogP contribution in [0.2, 0.25) is 0 Å². The van der Waals surface area contributed by atoms with Gasteiger partial charge in [0, 0.05) is 11.9 Å². The van der Waals surface area contributed by atoms with Crippen LogP contribution in [0.5, 0.6) is 0 Å². The molecule has 0 spiro atoms. The van der Waals surface area contributed by atoms with Crippen molar-refractivity contribution in [3.05, 3.63) is 84.1 Å². The zero-order chi connectivity index (χ0) is 18.2. The number of ether oxygens (including phenoxy) is 1. The van der Waals surface area contributed by atoms with Gasteiger partial charge in [-0.05, 0) is 48.9 Å². The molecule has 1 atom stereocenters. The van der Waals surface area contributed by atoms with Crippen LogP contribution in [-0.4, -0.2) is 11.0 Å². The maximum atomic E-state index is 12.2. The fourth-order valence-electron chi connectivity index (χ4n) is 2.47. The number of aromatic nitrogens is 1. The molecule has 0 aliphatic carbocycles. The monoisotopic (exact) mass is 351 g/mol. The summed E-state index contributed by atoms with van der Waals surface area (Å²) in [4.78, 5) is 16.4. The largest absolute Gasteiger partial charge is 0.467 e. The number of carbonyl (C=O) groups excluding carboxylic acids is 1. The Bertz CT molecular complexity index is 819. The van der Waals surface area contributed by atoms with Crippen molar-refractivity contribution in [3.8, 4) is 0 Å². The maximum absolute atomic E-state index is 12.2. The Kier molecular flexibility index (Phi) is 6.01. The van der Waals surface area contributed by atoms with Gasteiger partial charge in [-0.15, -0.1) is 0 Å². The van der Waals surface area contributed by atoms with Gasteiger partial charge in [0.15, 0.2) is 0 Å². The third-order valence-electron chi connectivity index (χ3n) is 3.76. The second-order valence-corrected chi connectivity index (χ2v) is 5.85. The molecule has 0 fully saturated rings. The van der Waals surface area contributed by atoms with E-state index in [9.17, 15) is 4.79 Å². The first-order chi connectivity index (χ1) is 12.7. The van der Waals surface area contributed by atoms with E-state index < -0.39 is 0 Å². The topological polar surface area (TPSA) is 76.4 Å². The van der Waals surface area contributed by atoms with Crippen molar-refractivity contribution in [2.24, 2.45) is 0 Å². The molecule has 2 amide bonds. The lowest BCUT2D eigenvalue weighted by atomic mass is 10.2. The lowest BCUT2D eigenvalue weighted by Crippen LogP contribution is -2.31. The molecule has 0 aliphatic rings. The number of hydrogen-bond acceptors (Lipinski definition) is 4. The molecule has 134 valence electrons. The molecule has 0 bridgehead atoms. The van der Waals surface area contributed by atoms with Gasteiger partial charge in [-0.3, -0.25) is 4.98 Å². The number of nitrogens with zero attached hydrogens (tertiary/aromatic N) is 1. The van der Waals surface area contributed by atoms with E-state index in [2.05, 4.69) is 15.6 Å². The molecular weight excluding hydrogens is 330 g/mol. The average molecular weight is 351 g/mol. The second kappa shape index (κ2) is 8.82. The van der Waals surface area contributed by atoms with E-state index in [-0.39, 0.29) is 12.1 Å². The van der Waals surface area contributed by atoms with Crippen LogP contribution in [-0.2, 0) is 18.0 Å². The van der Waals surface area contributed by atoms with Crippen molar-refractivity contribution in [3.63, 3.8) is 0 Å². The Morgan fingerprint density at radius 2 is 2.08 bits per heavy atom. The summed E-state index contributed by atoms with van der Waals surface area (Å²) >= 11 is 0. The lowest BCUT2D eigenvalue weighted by Gasteiger charge is -2.14. The van der Waals surface area contributed by atoms with Crippen molar-refractivity contribution in [1.82, 2.24) is 10.3 Å². The molecule has 2 aromatic heterocycles. The summed E-state index contributed by atoms with van der Waals surface area (Å²) in [5, 5.41) is 5.70. The van der Waals surface area contributed by atoms with Crippen LogP contribution in [0.3, 0.4) is 0 Å². The number of amides is 2. The Labute approximate surface area is 152 Å². The van der Waals surface area contributed by atoms with E-state index in [1.54, 1.807) is 12.5 Å². The Morgan fingerprint density at radius 1 is 1.15 bits per heavy atom. The van der Waals surface area contributed by atoms with Gasteiger partial charge in [0.1, 0.15) is 12.4 Å². The molecule has 2 heterocycles. The summed E-state index contributed by atoms with van der Waals surface area (Å²) in [5.74, 6) is 0.780. The van der Waals surface area contributed by atoms with Gasteiger partial charge in [-0.25, -0.2) is 4.79 Å². The number of hydrogen-bond donors (Lipinski definition) is 2. The minimum atomic E-state index is -0.281. The van der Waals surface area contributed by atoms with Crippen LogP contribution in [0, 0.1) is 0 Å². The molecule has 3 rings (SSSR count). The Balaban J connectivity index is 1.50. The number of anilines is 1. The highest BCUT2D eigenvalue weighted by atomic mass is 16.5. The summed E-state index contributed by atoms with van der Waals surface area (Å²) < 4.78 is 10.8. The standard InChI is InChI=1S/C20H21N3O3/c1-15(19-9-2-3-10-21-19)22-20(24)23-17-7-4-6-16(12-17)13-25-14-18-8-5-11-26-18/h2-12,15H,13-14H2,1H3,(H2,22,23,24)/t15-/m1/s1. The van der Waals surface area contributed by atoms with Gasteiger partial charge in [-0.2, -0.15) is 0 Å². The molecule has 0 unspecified atom stereocenters. The fourth-order valence-corrected chi connectivity index (χ4v) is 2.47. The number of furan rings is 1. The van der Waals surface area contributed by atoms with Gasteiger partial charge in [0.25, 0.3) is 0 Å². The molecule has 0 radical (unpaired) electrons. The predicted molar refractivity (Wildman–Crippen MR) is 98.4 cm³/mol. The first-order valence-corrected chi connectivity index (χ1v) is 8.38. The molecule has 3 aromatic rings. The second-order valence-electron chi connectivity index (χ2n) is 5.85. The third kappa shape index (κ3) is 5.19. The summed E-state index contributed by atoms with van der Waals surface area (Å²) in [6.07, 6.45) is 3.32. The highest BCUT2D eigenvalue weighted by Crippen LogP contribution is 2.14. The molecule has 0 aliphatic heterocycles. The van der Waals surface area contributed by atoms with E-state index in [4.69, 9.17) is 9.15 Å². The highest BCUT2D eigenvalue weighted by Gasteiger charge is 2.10. The van der Waals surface area contributed by atoms with E-state index in [0.717, 1.165) is 17.0 Å². The van der Waals surface area contributed by atoms with E-state index in [1.807, 2.05) is 61.5 Å². The van der Waals surface area contributed by atoms with Crippen molar-refractivity contribution < 1.29 is 13.9 Å². The molecule has 6 heteroatoms. The van der Waals surface area contributed by atoms with Crippen LogP contribution in [0.15, 0.2) is 71.5 Å². The predicted octanol–water partition coefficient (Wildman–Crippen LogP) is 4.27. The fraction of sp³-hybridized carbons (Fsp3) is 0.200. The summed E-state index contributed by atoms with van der Waals surface area (Å²) in [7, 11) is 0. The van der Waals surface area contributed by atoms with Crippen molar-refractivity contribution in [2.75, 3.05) is 5.32 Å². The lowest BCUT2D eigenvalue weighted by molar-refractivity contribution is 0.0930. The van der Waals surface area contributed by atoms with Crippen molar-refractivity contribution >= 4 is 11.7 Å². The average Bonchev–Trinajstić information content (AvgIpc) is 3.16. The SMILES string of the molecule is C[C@@H](NC(=O)Nc1cccc(COCc2ccco2)c1)c1ccccn1. The summed E-state index contributed by atoms with van der Waals surface area (Å²) in [5.41, 5.74) is 2.48. The molecule has 0 saturated carbocycles. The van der Waals surface area contributed by atoms with Crippen LogP contribution in [0.4, 0.5) is 10.5 Å². The number of pyridine rings is 1. The van der Waals surface area contributed by atoms with E-state index in [0.29, 0.717) is 18.9 Å². The molecular formula is C20H21N3O3. The number of urea groups is 1. The zero-order valence-corrected chi connectivity index (χ0v) is 14.5. The number of rotatable bonds is 7. The molecule has 2 N–H and O–H groups in total. The third-order valence-corrected chi connectivity index (χ3v) is 3.76.